The first-order valence-corrected chi connectivity index (χ1v) is 10.7. The van der Waals surface area contributed by atoms with Crippen LogP contribution in [-0.2, 0) is 0 Å². The minimum Gasteiger partial charge on any atom is -0.349 e. The third kappa shape index (κ3) is 4.40. The molecule has 1 saturated heterocycles. The molecule has 3 fully saturated rings. The fraction of sp³-hybridized carbons (Fsp3) is 0.619. The Hall–Kier alpha value is -1.75. The first-order chi connectivity index (χ1) is 13.1. The van der Waals surface area contributed by atoms with Gasteiger partial charge in [-0.15, -0.1) is 0 Å². The van der Waals surface area contributed by atoms with E-state index in [2.05, 4.69) is 10.6 Å². The molecule has 5 nitrogen and oxygen atoms in total. The Labute approximate surface area is 165 Å². The molecule has 1 atom stereocenters. The number of halogens is 1. The Morgan fingerprint density at radius 2 is 1.78 bits per heavy atom. The molecule has 2 saturated carbocycles. The topological polar surface area (TPSA) is 61.4 Å². The Balaban J connectivity index is 1.43. The van der Waals surface area contributed by atoms with Crippen LogP contribution in [0.1, 0.15) is 68.1 Å². The summed E-state index contributed by atoms with van der Waals surface area (Å²) in [4.78, 5) is 27.3. The molecule has 146 valence electrons. The number of nitrogens with zero attached hydrogens (tertiary/aromatic N) is 1. The number of carbonyl (C=O) groups excluding carboxylic acids is 2. The predicted octanol–water partition coefficient (Wildman–Crippen LogP) is 4.81. The van der Waals surface area contributed by atoms with Crippen molar-refractivity contribution < 1.29 is 9.59 Å². The largest absolute Gasteiger partial charge is 0.349 e. The number of anilines is 1. The van der Waals surface area contributed by atoms with Gasteiger partial charge in [0.2, 0.25) is 0 Å². The summed E-state index contributed by atoms with van der Waals surface area (Å²) in [5, 5.41) is 6.35. The number of amides is 3. The summed E-state index contributed by atoms with van der Waals surface area (Å²) in [6, 6.07) is 5.70. The summed E-state index contributed by atoms with van der Waals surface area (Å²) >= 11 is 6.20. The van der Waals surface area contributed by atoms with E-state index in [4.69, 9.17) is 11.6 Å². The van der Waals surface area contributed by atoms with Crippen molar-refractivity contribution in [3.8, 4) is 0 Å². The van der Waals surface area contributed by atoms with Gasteiger partial charge in [0, 0.05) is 24.3 Å². The Morgan fingerprint density at radius 1 is 1.00 bits per heavy atom. The Bertz CT molecular complexity index is 713. The highest BCUT2D eigenvalue weighted by molar-refractivity contribution is 6.34. The van der Waals surface area contributed by atoms with Crippen LogP contribution in [0.25, 0.3) is 0 Å². The third-order valence-electron chi connectivity index (χ3n) is 6.13. The molecule has 0 radical (unpaired) electrons. The van der Waals surface area contributed by atoms with Gasteiger partial charge in [-0.05, 0) is 62.6 Å². The van der Waals surface area contributed by atoms with Gasteiger partial charge in [-0.25, -0.2) is 4.79 Å². The number of rotatable bonds is 4. The van der Waals surface area contributed by atoms with E-state index in [1.807, 2.05) is 4.90 Å². The van der Waals surface area contributed by atoms with Crippen molar-refractivity contribution in [1.29, 1.82) is 0 Å². The molecule has 0 bridgehead atoms. The smallest absolute Gasteiger partial charge is 0.322 e. The lowest BCUT2D eigenvalue weighted by Gasteiger charge is -2.34. The maximum Gasteiger partial charge on any atom is 0.322 e. The molecule has 4 rings (SSSR count). The summed E-state index contributed by atoms with van der Waals surface area (Å²) in [5.74, 6) is 0.469. The van der Waals surface area contributed by atoms with Gasteiger partial charge in [-0.2, -0.15) is 0 Å². The van der Waals surface area contributed by atoms with Crippen molar-refractivity contribution in [2.24, 2.45) is 5.92 Å². The quantitative estimate of drug-likeness (QED) is 0.776. The van der Waals surface area contributed by atoms with Gasteiger partial charge >= 0.3 is 6.03 Å². The zero-order valence-electron chi connectivity index (χ0n) is 15.7. The lowest BCUT2D eigenvalue weighted by molar-refractivity contribution is 0.0951. The van der Waals surface area contributed by atoms with E-state index >= 15 is 0 Å². The summed E-state index contributed by atoms with van der Waals surface area (Å²) in [7, 11) is 0. The summed E-state index contributed by atoms with van der Waals surface area (Å²) < 4.78 is 0. The molecular formula is C21H28ClN3O2. The molecule has 3 amide bonds. The molecule has 1 aromatic rings. The van der Waals surface area contributed by atoms with Crippen molar-refractivity contribution in [2.75, 3.05) is 11.9 Å². The van der Waals surface area contributed by atoms with Gasteiger partial charge in [-0.1, -0.05) is 30.9 Å². The number of hydrogen-bond donors (Lipinski definition) is 2. The zero-order chi connectivity index (χ0) is 18.8. The highest BCUT2D eigenvalue weighted by Crippen LogP contribution is 2.34. The number of likely N-dealkylation sites (tertiary alicyclic amines) is 1. The number of nitrogens with one attached hydrogen (secondary N) is 2. The van der Waals surface area contributed by atoms with Gasteiger partial charge in [0.05, 0.1) is 10.6 Å². The van der Waals surface area contributed by atoms with Crippen LogP contribution in [-0.4, -0.2) is 35.5 Å². The zero-order valence-corrected chi connectivity index (χ0v) is 16.4. The lowest BCUT2D eigenvalue weighted by Crippen LogP contribution is -2.43. The van der Waals surface area contributed by atoms with Crippen LogP contribution in [0.3, 0.4) is 0 Å². The number of carbonyl (C=O) groups is 2. The average molecular weight is 390 g/mol. The van der Waals surface area contributed by atoms with Crippen LogP contribution in [0.2, 0.25) is 5.02 Å². The molecule has 1 heterocycles. The molecule has 0 aromatic heterocycles. The number of urea groups is 1. The first-order valence-electron chi connectivity index (χ1n) is 10.3. The van der Waals surface area contributed by atoms with E-state index in [1.54, 1.807) is 18.2 Å². The summed E-state index contributed by atoms with van der Waals surface area (Å²) in [5.41, 5.74) is 1.05. The fourth-order valence-corrected chi connectivity index (χ4v) is 4.72. The number of benzene rings is 1. The minimum atomic E-state index is -0.167. The van der Waals surface area contributed by atoms with Gasteiger partial charge in [-0.3, -0.25) is 4.79 Å². The second-order valence-electron chi connectivity index (χ2n) is 8.17. The van der Waals surface area contributed by atoms with Gasteiger partial charge in [0.1, 0.15) is 0 Å². The standard InChI is InChI=1S/C21H28ClN3O2/c22-18-11-10-16(13-17(18)20(26)23-15-8-9-15)24-21(27)25-12-4-7-19(25)14-5-2-1-3-6-14/h10-11,13-15,19H,1-9,12H2,(H,23,26)(H,24,27)/t19-/m1/s1. The summed E-state index contributed by atoms with van der Waals surface area (Å²) in [6.07, 6.45) is 10.6. The maximum atomic E-state index is 12.9. The molecule has 3 aliphatic rings. The van der Waals surface area contributed by atoms with Gasteiger partial charge < -0.3 is 15.5 Å². The molecule has 27 heavy (non-hydrogen) atoms. The molecule has 2 N–H and O–H groups in total. The molecule has 0 unspecified atom stereocenters. The molecule has 1 aromatic carbocycles. The summed E-state index contributed by atoms with van der Waals surface area (Å²) in [6.45, 7) is 0.815. The lowest BCUT2D eigenvalue weighted by atomic mass is 9.83. The van der Waals surface area contributed by atoms with Crippen molar-refractivity contribution in [2.45, 2.75) is 69.9 Å². The highest BCUT2D eigenvalue weighted by atomic mass is 35.5. The normalized spacial score (nSPS) is 23.3. The average Bonchev–Trinajstić information content (AvgIpc) is 3.35. The van der Waals surface area contributed by atoms with Crippen LogP contribution < -0.4 is 10.6 Å². The second kappa shape index (κ2) is 8.09. The first kappa shape index (κ1) is 18.6. The van der Waals surface area contributed by atoms with Crippen LogP contribution in [0, 0.1) is 5.92 Å². The minimum absolute atomic E-state index is 0.0565. The van der Waals surface area contributed by atoms with Crippen LogP contribution in [0.4, 0.5) is 10.5 Å². The monoisotopic (exact) mass is 389 g/mol. The maximum absolute atomic E-state index is 12.9. The predicted molar refractivity (Wildman–Crippen MR) is 107 cm³/mol. The van der Waals surface area contributed by atoms with E-state index in [-0.39, 0.29) is 18.0 Å². The SMILES string of the molecule is O=C(NC1CC1)c1cc(NC(=O)N2CCC[C@@H]2C2CCCCC2)ccc1Cl. The van der Waals surface area contributed by atoms with Crippen molar-refractivity contribution in [3.63, 3.8) is 0 Å². The van der Waals surface area contributed by atoms with Gasteiger partial charge in [0.25, 0.3) is 5.91 Å². The van der Waals surface area contributed by atoms with E-state index in [0.29, 0.717) is 28.2 Å². The van der Waals surface area contributed by atoms with Crippen molar-refractivity contribution >= 4 is 29.2 Å². The number of hydrogen-bond acceptors (Lipinski definition) is 2. The van der Waals surface area contributed by atoms with E-state index in [0.717, 1.165) is 32.2 Å². The van der Waals surface area contributed by atoms with Crippen molar-refractivity contribution in [1.82, 2.24) is 10.2 Å². The Morgan fingerprint density at radius 3 is 2.52 bits per heavy atom. The Kier molecular flexibility index (Phi) is 5.58. The highest BCUT2D eigenvalue weighted by Gasteiger charge is 2.35. The molecule has 2 aliphatic carbocycles. The van der Waals surface area contributed by atoms with Crippen molar-refractivity contribution in [3.05, 3.63) is 28.8 Å². The molecule has 1 aliphatic heterocycles. The second-order valence-corrected chi connectivity index (χ2v) is 8.58. The van der Waals surface area contributed by atoms with Gasteiger partial charge in [0.15, 0.2) is 0 Å². The van der Waals surface area contributed by atoms with Crippen LogP contribution in [0.5, 0.6) is 0 Å². The van der Waals surface area contributed by atoms with Crippen LogP contribution in [0.15, 0.2) is 18.2 Å². The fourth-order valence-electron chi connectivity index (χ4n) is 4.52. The molecule has 6 heteroatoms. The molecule has 0 spiro atoms. The third-order valence-corrected chi connectivity index (χ3v) is 6.46. The van der Waals surface area contributed by atoms with Crippen LogP contribution >= 0.6 is 11.6 Å². The van der Waals surface area contributed by atoms with E-state index in [1.165, 1.54) is 32.1 Å². The van der Waals surface area contributed by atoms with E-state index in [9.17, 15) is 9.59 Å². The van der Waals surface area contributed by atoms with E-state index < -0.39 is 0 Å². The molecular weight excluding hydrogens is 362 g/mol.